The minimum Gasteiger partial charge on any atom is -0.336 e. The number of carbonyl (C=O) groups is 1. The van der Waals surface area contributed by atoms with E-state index in [1.807, 2.05) is 31.9 Å². The number of fused-ring (bicyclic) bond motifs is 1. The van der Waals surface area contributed by atoms with E-state index >= 15 is 0 Å². The van der Waals surface area contributed by atoms with Gasteiger partial charge in [-0.15, -0.1) is 0 Å². The lowest BCUT2D eigenvalue weighted by Crippen LogP contribution is -2.50. The number of rotatable bonds is 4. The first kappa shape index (κ1) is 23.1. The van der Waals surface area contributed by atoms with Crippen LogP contribution in [0.2, 0.25) is 0 Å². The highest BCUT2D eigenvalue weighted by molar-refractivity contribution is 5.98. The van der Waals surface area contributed by atoms with Crippen molar-refractivity contribution in [3.63, 3.8) is 0 Å². The first-order chi connectivity index (χ1) is 16.8. The van der Waals surface area contributed by atoms with Gasteiger partial charge in [-0.05, 0) is 55.3 Å². The van der Waals surface area contributed by atoms with E-state index in [9.17, 15) is 13.6 Å². The molecule has 1 aliphatic rings. The molecule has 2 aromatic carbocycles. The Labute approximate surface area is 202 Å². The van der Waals surface area contributed by atoms with Crippen LogP contribution >= 0.6 is 0 Å². The van der Waals surface area contributed by atoms with Crippen molar-refractivity contribution in [2.45, 2.75) is 19.9 Å². The molecule has 5 rings (SSSR count). The second-order valence-electron chi connectivity index (χ2n) is 9.04. The molecule has 0 N–H and O–H groups in total. The molecule has 1 fully saturated rings. The average molecular weight is 476 g/mol. The number of halogens is 2. The Morgan fingerprint density at radius 2 is 1.40 bits per heavy atom. The quantitative estimate of drug-likeness (QED) is 0.439. The monoisotopic (exact) mass is 475 g/mol. The number of hydrogen-bond acceptors (Lipinski definition) is 4. The summed E-state index contributed by atoms with van der Waals surface area (Å²) in [4.78, 5) is 22.2. The fourth-order valence-electron chi connectivity index (χ4n) is 4.91. The molecule has 3 heterocycles. The van der Waals surface area contributed by atoms with Gasteiger partial charge in [0.1, 0.15) is 11.6 Å². The average Bonchev–Trinajstić information content (AvgIpc) is 3.13. The molecule has 2 aromatic heterocycles. The Morgan fingerprint density at radius 1 is 0.857 bits per heavy atom. The Bertz CT molecular complexity index is 1330. The van der Waals surface area contributed by atoms with Gasteiger partial charge in [0.05, 0.1) is 23.0 Å². The molecule has 1 aliphatic heterocycles. The van der Waals surface area contributed by atoms with Crippen LogP contribution in [0.15, 0.2) is 54.6 Å². The minimum absolute atomic E-state index is 0.0417. The zero-order valence-corrected chi connectivity index (χ0v) is 20.0. The summed E-state index contributed by atoms with van der Waals surface area (Å²) in [6, 6.07) is 14.6. The molecule has 0 radical (unpaired) electrons. The van der Waals surface area contributed by atoms with Crippen LogP contribution in [0.4, 0.5) is 8.78 Å². The van der Waals surface area contributed by atoms with Crippen LogP contribution in [-0.2, 0) is 7.05 Å². The van der Waals surface area contributed by atoms with E-state index in [1.54, 1.807) is 28.9 Å². The topological polar surface area (TPSA) is 54.3 Å². The molecule has 8 heteroatoms. The first-order valence-corrected chi connectivity index (χ1v) is 11.7. The second-order valence-corrected chi connectivity index (χ2v) is 9.04. The minimum atomic E-state index is -0.299. The number of nitrogens with zero attached hydrogens (tertiary/aromatic N) is 5. The highest BCUT2D eigenvalue weighted by Crippen LogP contribution is 2.30. The lowest BCUT2D eigenvalue weighted by Gasteiger charge is -2.40. The third-order valence-corrected chi connectivity index (χ3v) is 6.76. The molecule has 1 amide bonds. The van der Waals surface area contributed by atoms with Gasteiger partial charge in [0.15, 0.2) is 5.65 Å². The maximum absolute atomic E-state index is 13.6. The van der Waals surface area contributed by atoms with Crippen molar-refractivity contribution in [2.24, 2.45) is 7.05 Å². The van der Waals surface area contributed by atoms with E-state index in [0.29, 0.717) is 37.4 Å². The Balaban J connectivity index is 1.38. The predicted molar refractivity (Wildman–Crippen MR) is 130 cm³/mol. The summed E-state index contributed by atoms with van der Waals surface area (Å²) < 4.78 is 28.9. The summed E-state index contributed by atoms with van der Waals surface area (Å²) >= 11 is 0. The number of amides is 1. The number of aryl methyl sites for hydroxylation is 3. The molecule has 35 heavy (non-hydrogen) atoms. The number of benzene rings is 2. The Morgan fingerprint density at radius 3 is 1.94 bits per heavy atom. The van der Waals surface area contributed by atoms with Crippen LogP contribution in [0.5, 0.6) is 0 Å². The fourth-order valence-corrected chi connectivity index (χ4v) is 4.91. The van der Waals surface area contributed by atoms with Crippen molar-refractivity contribution in [1.29, 1.82) is 0 Å². The molecule has 0 bridgehead atoms. The van der Waals surface area contributed by atoms with E-state index < -0.39 is 0 Å². The van der Waals surface area contributed by atoms with Crippen LogP contribution in [-0.4, -0.2) is 56.7 Å². The van der Waals surface area contributed by atoms with E-state index in [2.05, 4.69) is 15.0 Å². The van der Waals surface area contributed by atoms with E-state index in [-0.39, 0.29) is 23.6 Å². The highest BCUT2D eigenvalue weighted by Gasteiger charge is 2.29. The smallest absolute Gasteiger partial charge is 0.255 e. The van der Waals surface area contributed by atoms with Gasteiger partial charge in [0.25, 0.3) is 5.91 Å². The van der Waals surface area contributed by atoms with Crippen molar-refractivity contribution in [1.82, 2.24) is 24.6 Å². The normalized spacial score (nSPS) is 14.7. The second kappa shape index (κ2) is 9.19. The van der Waals surface area contributed by atoms with E-state index in [1.165, 1.54) is 24.3 Å². The summed E-state index contributed by atoms with van der Waals surface area (Å²) in [7, 11) is 1.85. The number of carbonyl (C=O) groups excluding carboxylic acids is 1. The predicted octanol–water partition coefficient (Wildman–Crippen LogP) is 4.41. The van der Waals surface area contributed by atoms with Gasteiger partial charge in [-0.2, -0.15) is 5.10 Å². The molecule has 1 saturated heterocycles. The standard InChI is InChI=1S/C27H27F2N5O/c1-17-24(16-23-18(2)31-32(3)26(23)30-17)27(35)34-14-12-33(13-15-34)25(19-4-8-21(28)9-5-19)20-6-10-22(29)11-7-20/h4-11,16,25H,12-15H2,1-3H3. The molecule has 6 nitrogen and oxygen atoms in total. The van der Waals surface area contributed by atoms with Crippen molar-refractivity contribution < 1.29 is 13.6 Å². The molecule has 0 saturated carbocycles. The van der Waals surface area contributed by atoms with Crippen LogP contribution in [0.1, 0.15) is 38.9 Å². The van der Waals surface area contributed by atoms with Gasteiger partial charge in [-0.1, -0.05) is 24.3 Å². The summed E-state index contributed by atoms with van der Waals surface area (Å²) in [6.07, 6.45) is 0. The number of pyridine rings is 1. The van der Waals surface area contributed by atoms with Crippen LogP contribution < -0.4 is 0 Å². The molecule has 4 aromatic rings. The van der Waals surface area contributed by atoms with Crippen molar-refractivity contribution in [3.8, 4) is 0 Å². The van der Waals surface area contributed by atoms with Gasteiger partial charge in [0, 0.05) is 38.6 Å². The van der Waals surface area contributed by atoms with Gasteiger partial charge < -0.3 is 4.90 Å². The molecular formula is C27H27F2N5O. The lowest BCUT2D eigenvalue weighted by atomic mass is 9.96. The maximum atomic E-state index is 13.6. The van der Waals surface area contributed by atoms with Crippen LogP contribution in [0.3, 0.4) is 0 Å². The van der Waals surface area contributed by atoms with Gasteiger partial charge >= 0.3 is 0 Å². The third kappa shape index (κ3) is 4.41. The molecule has 0 atom stereocenters. The molecular weight excluding hydrogens is 448 g/mol. The van der Waals surface area contributed by atoms with Crippen LogP contribution in [0.25, 0.3) is 11.0 Å². The third-order valence-electron chi connectivity index (χ3n) is 6.76. The molecule has 0 unspecified atom stereocenters. The first-order valence-electron chi connectivity index (χ1n) is 11.7. The fraction of sp³-hybridized carbons (Fsp3) is 0.296. The molecule has 0 spiro atoms. The Kier molecular flexibility index (Phi) is 6.06. The largest absolute Gasteiger partial charge is 0.336 e. The number of piperazine rings is 1. The summed E-state index contributed by atoms with van der Waals surface area (Å²) in [5.74, 6) is -0.640. The SMILES string of the molecule is Cc1nc2c(cc1C(=O)N1CCN(C(c3ccc(F)cc3)c3ccc(F)cc3)CC1)c(C)nn2C. The zero-order chi connectivity index (χ0) is 24.7. The van der Waals surface area contributed by atoms with E-state index in [4.69, 9.17) is 0 Å². The summed E-state index contributed by atoms with van der Waals surface area (Å²) in [5, 5.41) is 5.30. The maximum Gasteiger partial charge on any atom is 0.255 e. The Hall–Kier alpha value is -3.65. The van der Waals surface area contributed by atoms with Crippen molar-refractivity contribution in [2.75, 3.05) is 26.2 Å². The number of aromatic nitrogens is 3. The van der Waals surface area contributed by atoms with Crippen molar-refractivity contribution in [3.05, 3.63) is 94.3 Å². The number of hydrogen-bond donors (Lipinski definition) is 0. The summed E-state index contributed by atoms with van der Waals surface area (Å²) in [6.45, 7) is 6.11. The van der Waals surface area contributed by atoms with E-state index in [0.717, 1.165) is 27.9 Å². The lowest BCUT2D eigenvalue weighted by molar-refractivity contribution is 0.0596. The molecule has 0 aliphatic carbocycles. The van der Waals surface area contributed by atoms with Gasteiger partial charge in [0.2, 0.25) is 0 Å². The van der Waals surface area contributed by atoms with Gasteiger partial charge in [-0.25, -0.2) is 13.8 Å². The van der Waals surface area contributed by atoms with Crippen LogP contribution in [0, 0.1) is 25.5 Å². The van der Waals surface area contributed by atoms with Crippen molar-refractivity contribution >= 4 is 16.9 Å². The van der Waals surface area contributed by atoms with Gasteiger partial charge in [-0.3, -0.25) is 14.4 Å². The summed E-state index contributed by atoms with van der Waals surface area (Å²) in [5.41, 5.74) is 4.74. The molecule has 180 valence electrons. The highest BCUT2D eigenvalue weighted by atomic mass is 19.1. The zero-order valence-electron chi connectivity index (χ0n) is 20.0.